The Labute approximate surface area is 149 Å². The Kier molecular flexibility index (Phi) is 5.32. The van der Waals surface area contributed by atoms with Gasteiger partial charge in [0.25, 0.3) is 5.91 Å². The summed E-state index contributed by atoms with van der Waals surface area (Å²) in [6.07, 6.45) is 1.44. The lowest BCUT2D eigenvalue weighted by Gasteiger charge is -2.37. The Morgan fingerprint density at radius 1 is 1.08 bits per heavy atom. The topological polar surface area (TPSA) is 65.8 Å². The summed E-state index contributed by atoms with van der Waals surface area (Å²) in [6.45, 7) is 3.48. The molecule has 0 unspecified atom stereocenters. The fraction of sp³-hybridized carbons (Fsp3) is 0.333. The maximum Gasteiger partial charge on any atom is 0.289 e. The maximum absolute atomic E-state index is 13.7. The summed E-state index contributed by atoms with van der Waals surface area (Å²) in [7, 11) is 0. The highest BCUT2D eigenvalue weighted by Gasteiger charge is 2.29. The van der Waals surface area contributed by atoms with Crippen LogP contribution in [0.25, 0.3) is 0 Å². The van der Waals surface area contributed by atoms with E-state index in [0.717, 1.165) is 12.1 Å². The minimum absolute atomic E-state index is 0.194. The molecule has 3 rings (SSSR count). The number of piperazine rings is 1. The number of carbonyl (C=O) groups excluding carboxylic acids is 2. The number of hydrogen-bond donors (Lipinski definition) is 1. The molecule has 1 aromatic carbocycles. The maximum atomic E-state index is 13.7. The molecular weight excluding hydrogens is 344 g/mol. The Bertz CT molecular complexity index is 767. The van der Waals surface area contributed by atoms with E-state index >= 15 is 0 Å². The van der Waals surface area contributed by atoms with Crippen molar-refractivity contribution in [3.63, 3.8) is 0 Å². The number of amides is 2. The second-order valence-corrected chi connectivity index (χ2v) is 6.07. The summed E-state index contributed by atoms with van der Waals surface area (Å²) in [4.78, 5) is 28.1. The molecule has 1 aliphatic heterocycles. The van der Waals surface area contributed by atoms with Crippen LogP contribution < -0.4 is 5.32 Å². The number of nitrogens with one attached hydrogen (secondary N) is 1. The van der Waals surface area contributed by atoms with Gasteiger partial charge in [-0.25, -0.2) is 8.78 Å². The van der Waals surface area contributed by atoms with Crippen LogP contribution in [0.5, 0.6) is 0 Å². The quantitative estimate of drug-likeness (QED) is 0.906. The predicted octanol–water partition coefficient (Wildman–Crippen LogP) is 2.34. The molecule has 26 heavy (non-hydrogen) atoms. The van der Waals surface area contributed by atoms with Crippen molar-refractivity contribution < 1.29 is 22.8 Å². The minimum Gasteiger partial charge on any atom is -0.459 e. The smallest absolute Gasteiger partial charge is 0.289 e. The lowest BCUT2D eigenvalue weighted by atomic mass is 10.2. The third-order valence-electron chi connectivity index (χ3n) is 4.47. The summed E-state index contributed by atoms with van der Waals surface area (Å²) in [5.74, 6) is -2.06. The number of para-hydroxylation sites is 1. The Balaban J connectivity index is 1.57. The van der Waals surface area contributed by atoms with Crippen molar-refractivity contribution in [2.45, 2.75) is 13.0 Å². The standard InChI is InChI=1S/C18H19F2N3O3/c1-12(17(24)21-16-13(19)4-2-5-14(16)20)22-7-9-23(10-8-22)18(25)15-6-3-11-26-15/h2-6,11-12H,7-10H2,1H3,(H,21,24)/t12-/m0/s1. The molecule has 2 amide bonds. The fourth-order valence-electron chi connectivity index (χ4n) is 2.88. The van der Waals surface area contributed by atoms with Crippen LogP contribution in [0.4, 0.5) is 14.5 Å². The van der Waals surface area contributed by atoms with E-state index < -0.39 is 29.3 Å². The van der Waals surface area contributed by atoms with E-state index in [1.807, 2.05) is 4.90 Å². The highest BCUT2D eigenvalue weighted by Crippen LogP contribution is 2.19. The van der Waals surface area contributed by atoms with Crippen LogP contribution in [0.15, 0.2) is 41.0 Å². The number of furan rings is 1. The molecule has 1 saturated heterocycles. The summed E-state index contributed by atoms with van der Waals surface area (Å²) < 4.78 is 32.4. The van der Waals surface area contributed by atoms with Crippen LogP contribution in [0.1, 0.15) is 17.5 Å². The van der Waals surface area contributed by atoms with Crippen LogP contribution in [0.3, 0.4) is 0 Å². The lowest BCUT2D eigenvalue weighted by Crippen LogP contribution is -2.54. The van der Waals surface area contributed by atoms with Crippen molar-refractivity contribution in [1.82, 2.24) is 9.80 Å². The van der Waals surface area contributed by atoms with E-state index in [1.165, 1.54) is 12.3 Å². The van der Waals surface area contributed by atoms with Crippen molar-refractivity contribution in [2.24, 2.45) is 0 Å². The van der Waals surface area contributed by atoms with Crippen LogP contribution in [-0.2, 0) is 4.79 Å². The molecule has 1 fully saturated rings. The summed E-state index contributed by atoms with van der Waals surface area (Å²) in [5.41, 5.74) is -0.448. The van der Waals surface area contributed by atoms with E-state index in [9.17, 15) is 18.4 Å². The van der Waals surface area contributed by atoms with Crippen LogP contribution in [-0.4, -0.2) is 53.8 Å². The second-order valence-electron chi connectivity index (χ2n) is 6.07. The number of carbonyl (C=O) groups is 2. The summed E-state index contributed by atoms with van der Waals surface area (Å²) in [5, 5.41) is 2.31. The predicted molar refractivity (Wildman–Crippen MR) is 90.6 cm³/mol. The van der Waals surface area contributed by atoms with E-state index in [1.54, 1.807) is 24.0 Å². The van der Waals surface area contributed by atoms with Gasteiger partial charge in [-0.15, -0.1) is 0 Å². The van der Waals surface area contributed by atoms with Gasteiger partial charge in [0.05, 0.1) is 12.3 Å². The van der Waals surface area contributed by atoms with Gasteiger partial charge in [0.2, 0.25) is 5.91 Å². The first kappa shape index (κ1) is 18.1. The van der Waals surface area contributed by atoms with Gasteiger partial charge in [-0.1, -0.05) is 6.07 Å². The van der Waals surface area contributed by atoms with Gasteiger partial charge in [-0.2, -0.15) is 0 Å². The molecule has 138 valence electrons. The Morgan fingerprint density at radius 2 is 1.73 bits per heavy atom. The molecular formula is C18H19F2N3O3. The molecule has 0 aliphatic carbocycles. The van der Waals surface area contributed by atoms with Gasteiger partial charge in [0, 0.05) is 26.2 Å². The molecule has 0 spiro atoms. The van der Waals surface area contributed by atoms with Crippen molar-refractivity contribution in [2.75, 3.05) is 31.5 Å². The zero-order chi connectivity index (χ0) is 18.7. The zero-order valence-corrected chi connectivity index (χ0v) is 14.2. The second kappa shape index (κ2) is 7.65. The molecule has 0 saturated carbocycles. The molecule has 0 bridgehead atoms. The number of benzene rings is 1. The SMILES string of the molecule is C[C@@H](C(=O)Nc1c(F)cccc1F)N1CCN(C(=O)c2ccco2)CC1. The van der Waals surface area contributed by atoms with Gasteiger partial charge >= 0.3 is 0 Å². The molecule has 6 nitrogen and oxygen atoms in total. The van der Waals surface area contributed by atoms with Crippen LogP contribution >= 0.6 is 0 Å². The monoisotopic (exact) mass is 363 g/mol. The highest BCUT2D eigenvalue weighted by atomic mass is 19.1. The minimum atomic E-state index is -0.820. The molecule has 1 atom stereocenters. The van der Waals surface area contributed by atoms with Gasteiger partial charge in [0.1, 0.15) is 17.3 Å². The number of hydrogen-bond acceptors (Lipinski definition) is 4. The highest BCUT2D eigenvalue weighted by molar-refractivity contribution is 5.95. The first-order chi connectivity index (χ1) is 12.5. The third-order valence-corrected chi connectivity index (χ3v) is 4.47. The van der Waals surface area contributed by atoms with Crippen molar-refractivity contribution in [1.29, 1.82) is 0 Å². The number of anilines is 1. The van der Waals surface area contributed by atoms with E-state index in [4.69, 9.17) is 4.42 Å². The lowest BCUT2D eigenvalue weighted by molar-refractivity contribution is -0.121. The molecule has 2 aromatic rings. The molecule has 1 N–H and O–H groups in total. The zero-order valence-electron chi connectivity index (χ0n) is 14.2. The molecule has 8 heteroatoms. The van der Waals surface area contributed by atoms with Gasteiger partial charge in [-0.3, -0.25) is 14.5 Å². The number of nitrogens with zero attached hydrogens (tertiary/aromatic N) is 2. The van der Waals surface area contributed by atoms with Crippen LogP contribution in [0, 0.1) is 11.6 Å². The Morgan fingerprint density at radius 3 is 2.31 bits per heavy atom. The normalized spacial score (nSPS) is 16.3. The first-order valence-electron chi connectivity index (χ1n) is 8.29. The largest absolute Gasteiger partial charge is 0.459 e. The van der Waals surface area contributed by atoms with Crippen molar-refractivity contribution in [3.8, 4) is 0 Å². The average Bonchev–Trinajstić information content (AvgIpc) is 3.18. The molecule has 1 aliphatic rings. The van der Waals surface area contributed by atoms with E-state index in [-0.39, 0.29) is 11.7 Å². The van der Waals surface area contributed by atoms with E-state index in [0.29, 0.717) is 26.2 Å². The molecule has 2 heterocycles. The summed E-state index contributed by atoms with van der Waals surface area (Å²) >= 11 is 0. The fourth-order valence-corrected chi connectivity index (χ4v) is 2.88. The van der Waals surface area contributed by atoms with Crippen LogP contribution in [0.2, 0.25) is 0 Å². The first-order valence-corrected chi connectivity index (χ1v) is 8.29. The van der Waals surface area contributed by atoms with Gasteiger partial charge in [-0.05, 0) is 31.2 Å². The number of rotatable bonds is 4. The average molecular weight is 363 g/mol. The molecule has 1 aromatic heterocycles. The van der Waals surface area contributed by atoms with Crippen molar-refractivity contribution in [3.05, 3.63) is 54.0 Å². The van der Waals surface area contributed by atoms with Crippen molar-refractivity contribution >= 4 is 17.5 Å². The third kappa shape index (κ3) is 3.75. The number of halogens is 2. The van der Waals surface area contributed by atoms with Gasteiger partial charge in [0.15, 0.2) is 5.76 Å². The van der Waals surface area contributed by atoms with E-state index in [2.05, 4.69) is 5.32 Å². The Hall–Kier alpha value is -2.74. The molecule has 0 radical (unpaired) electrons. The summed E-state index contributed by atoms with van der Waals surface area (Å²) in [6, 6.07) is 6.07. The van der Waals surface area contributed by atoms with Gasteiger partial charge < -0.3 is 14.6 Å².